The minimum absolute atomic E-state index is 0.0594. The topological polar surface area (TPSA) is 57.6 Å². The van der Waals surface area contributed by atoms with E-state index in [0.717, 1.165) is 6.07 Å². The summed E-state index contributed by atoms with van der Waals surface area (Å²) in [6.07, 6.45) is -4.16. The fourth-order valence-corrected chi connectivity index (χ4v) is 3.63. The number of alkyl halides is 3. The SMILES string of the molecule is O=S1(=O)CCCN(c2ccc(CO)c(C(F)(F)F)c2)CC1. The Morgan fingerprint density at radius 2 is 1.90 bits per heavy atom. The number of halogens is 3. The van der Waals surface area contributed by atoms with Gasteiger partial charge in [-0.05, 0) is 24.1 Å². The molecule has 1 saturated heterocycles. The summed E-state index contributed by atoms with van der Waals surface area (Å²) in [6.45, 7) is -0.114. The molecule has 1 aromatic rings. The Kier molecular flexibility index (Phi) is 4.48. The molecule has 0 saturated carbocycles. The van der Waals surface area contributed by atoms with E-state index in [2.05, 4.69) is 0 Å². The fourth-order valence-electron chi connectivity index (χ4n) is 2.36. The minimum Gasteiger partial charge on any atom is -0.392 e. The third-order valence-electron chi connectivity index (χ3n) is 3.49. The summed E-state index contributed by atoms with van der Waals surface area (Å²) in [7, 11) is -3.12. The third-order valence-corrected chi connectivity index (χ3v) is 5.21. The van der Waals surface area contributed by atoms with Crippen LogP contribution in [0.5, 0.6) is 0 Å². The maximum Gasteiger partial charge on any atom is 0.416 e. The highest BCUT2D eigenvalue weighted by atomic mass is 32.2. The number of sulfone groups is 1. The van der Waals surface area contributed by atoms with E-state index in [1.165, 1.54) is 12.1 Å². The van der Waals surface area contributed by atoms with Crippen LogP contribution in [0.1, 0.15) is 17.5 Å². The molecule has 8 heteroatoms. The number of hydrogen-bond acceptors (Lipinski definition) is 4. The number of rotatable bonds is 2. The van der Waals surface area contributed by atoms with Gasteiger partial charge in [-0.15, -0.1) is 0 Å². The van der Waals surface area contributed by atoms with Gasteiger partial charge in [0.15, 0.2) is 9.84 Å². The molecule has 1 N–H and O–H groups in total. The van der Waals surface area contributed by atoms with Gasteiger partial charge in [-0.3, -0.25) is 0 Å². The summed E-state index contributed by atoms with van der Waals surface area (Å²) in [5, 5.41) is 9.00. The smallest absolute Gasteiger partial charge is 0.392 e. The standard InChI is InChI=1S/C13H16F3NO3S/c14-13(15,16)12-8-11(3-2-10(12)9-18)17-4-1-6-21(19,20)7-5-17/h2-3,8,18H,1,4-7,9H2. The van der Waals surface area contributed by atoms with Gasteiger partial charge in [-0.25, -0.2) is 8.42 Å². The van der Waals surface area contributed by atoms with Gasteiger partial charge in [0, 0.05) is 18.8 Å². The lowest BCUT2D eigenvalue weighted by molar-refractivity contribution is -0.138. The van der Waals surface area contributed by atoms with E-state index in [9.17, 15) is 21.6 Å². The molecular formula is C13H16F3NO3S. The van der Waals surface area contributed by atoms with Crippen LogP contribution >= 0.6 is 0 Å². The van der Waals surface area contributed by atoms with Crippen molar-refractivity contribution in [2.75, 3.05) is 29.5 Å². The number of aliphatic hydroxyl groups excluding tert-OH is 1. The quantitative estimate of drug-likeness (QED) is 0.902. The van der Waals surface area contributed by atoms with Gasteiger partial charge in [-0.1, -0.05) is 6.07 Å². The van der Waals surface area contributed by atoms with Gasteiger partial charge in [0.05, 0.1) is 23.7 Å². The van der Waals surface area contributed by atoms with Gasteiger partial charge >= 0.3 is 6.18 Å². The average molecular weight is 323 g/mol. The van der Waals surface area contributed by atoms with E-state index >= 15 is 0 Å². The molecule has 0 unspecified atom stereocenters. The molecule has 1 aliphatic heterocycles. The highest BCUT2D eigenvalue weighted by molar-refractivity contribution is 7.91. The minimum atomic E-state index is -4.55. The molecule has 0 aliphatic carbocycles. The molecule has 1 fully saturated rings. The van der Waals surface area contributed by atoms with E-state index < -0.39 is 28.2 Å². The summed E-state index contributed by atoms with van der Waals surface area (Å²) < 4.78 is 61.9. The number of nitrogens with zero attached hydrogens (tertiary/aromatic N) is 1. The first-order valence-corrected chi connectivity index (χ1v) is 8.31. The van der Waals surface area contributed by atoms with Crippen molar-refractivity contribution in [3.05, 3.63) is 29.3 Å². The molecule has 21 heavy (non-hydrogen) atoms. The van der Waals surface area contributed by atoms with Crippen molar-refractivity contribution in [3.8, 4) is 0 Å². The highest BCUT2D eigenvalue weighted by Crippen LogP contribution is 2.35. The van der Waals surface area contributed by atoms with Crippen LogP contribution in [0, 0.1) is 0 Å². The van der Waals surface area contributed by atoms with Gasteiger partial charge in [0.25, 0.3) is 0 Å². The molecule has 1 aliphatic rings. The second-order valence-corrected chi connectivity index (χ2v) is 7.29. The lowest BCUT2D eigenvalue weighted by Gasteiger charge is -2.24. The van der Waals surface area contributed by atoms with Crippen LogP contribution in [0.2, 0.25) is 0 Å². The van der Waals surface area contributed by atoms with Crippen molar-refractivity contribution >= 4 is 15.5 Å². The second-order valence-electron chi connectivity index (χ2n) is 4.99. The fraction of sp³-hybridized carbons (Fsp3) is 0.538. The average Bonchev–Trinajstić information content (AvgIpc) is 2.58. The van der Waals surface area contributed by atoms with Gasteiger partial charge < -0.3 is 10.0 Å². The van der Waals surface area contributed by atoms with Crippen LogP contribution in [0.3, 0.4) is 0 Å². The van der Waals surface area contributed by atoms with Crippen LogP contribution in [-0.4, -0.2) is 38.1 Å². The Balaban J connectivity index is 2.32. The van der Waals surface area contributed by atoms with E-state index in [1.807, 2.05) is 0 Å². The highest BCUT2D eigenvalue weighted by Gasteiger charge is 2.34. The maximum absolute atomic E-state index is 13.0. The molecule has 4 nitrogen and oxygen atoms in total. The molecule has 2 rings (SSSR count). The first-order chi connectivity index (χ1) is 9.73. The summed E-state index contributed by atoms with van der Waals surface area (Å²) >= 11 is 0. The molecule has 0 amide bonds. The molecule has 0 aromatic heterocycles. The number of benzene rings is 1. The van der Waals surface area contributed by atoms with Crippen molar-refractivity contribution in [1.82, 2.24) is 0 Å². The Labute approximate surface area is 121 Å². The van der Waals surface area contributed by atoms with Crippen molar-refractivity contribution in [1.29, 1.82) is 0 Å². The number of anilines is 1. The number of aliphatic hydroxyl groups is 1. The van der Waals surface area contributed by atoms with Crippen molar-refractivity contribution in [2.45, 2.75) is 19.2 Å². The molecular weight excluding hydrogens is 307 g/mol. The first kappa shape index (κ1) is 16.1. The van der Waals surface area contributed by atoms with E-state index in [1.54, 1.807) is 4.90 Å². The van der Waals surface area contributed by atoms with Crippen LogP contribution < -0.4 is 4.90 Å². The van der Waals surface area contributed by atoms with Crippen LogP contribution in [0.4, 0.5) is 18.9 Å². The zero-order chi connectivity index (χ0) is 15.7. The van der Waals surface area contributed by atoms with E-state index in [-0.39, 0.29) is 23.6 Å². The van der Waals surface area contributed by atoms with Gasteiger partial charge in [0.2, 0.25) is 0 Å². The molecule has 1 heterocycles. The maximum atomic E-state index is 13.0. The predicted molar refractivity (Wildman–Crippen MR) is 72.9 cm³/mol. The van der Waals surface area contributed by atoms with Gasteiger partial charge in [0.1, 0.15) is 0 Å². The van der Waals surface area contributed by atoms with Crippen LogP contribution in [0.25, 0.3) is 0 Å². The molecule has 0 radical (unpaired) electrons. The van der Waals surface area contributed by atoms with Crippen molar-refractivity contribution < 1.29 is 26.7 Å². The molecule has 118 valence electrons. The van der Waals surface area contributed by atoms with E-state index in [4.69, 9.17) is 5.11 Å². The van der Waals surface area contributed by atoms with Crippen molar-refractivity contribution in [2.24, 2.45) is 0 Å². The molecule has 0 spiro atoms. The first-order valence-electron chi connectivity index (χ1n) is 6.49. The Morgan fingerprint density at radius 1 is 1.19 bits per heavy atom. The predicted octanol–water partition coefficient (Wildman–Crippen LogP) is 1.82. The summed E-state index contributed by atoms with van der Waals surface area (Å²) in [5.41, 5.74) is -0.736. The third kappa shape index (κ3) is 3.88. The molecule has 0 bridgehead atoms. The largest absolute Gasteiger partial charge is 0.416 e. The zero-order valence-corrected chi connectivity index (χ0v) is 12.0. The Morgan fingerprint density at radius 3 is 2.52 bits per heavy atom. The lowest BCUT2D eigenvalue weighted by atomic mass is 10.1. The van der Waals surface area contributed by atoms with Crippen LogP contribution in [-0.2, 0) is 22.6 Å². The molecule has 1 aromatic carbocycles. The zero-order valence-electron chi connectivity index (χ0n) is 11.2. The lowest BCUT2D eigenvalue weighted by Crippen LogP contribution is -2.27. The Hall–Kier alpha value is -1.28. The van der Waals surface area contributed by atoms with E-state index in [0.29, 0.717) is 18.7 Å². The monoisotopic (exact) mass is 323 g/mol. The molecule has 0 atom stereocenters. The number of hydrogen-bond donors (Lipinski definition) is 1. The summed E-state index contributed by atoms with van der Waals surface area (Å²) in [5.74, 6) is 0.000451. The normalized spacial score (nSPS) is 19.3. The second kappa shape index (κ2) is 5.84. The summed E-state index contributed by atoms with van der Waals surface area (Å²) in [6, 6.07) is 3.69. The van der Waals surface area contributed by atoms with Gasteiger partial charge in [-0.2, -0.15) is 13.2 Å². The van der Waals surface area contributed by atoms with Crippen LogP contribution in [0.15, 0.2) is 18.2 Å². The Bertz CT molecular complexity index is 614. The van der Waals surface area contributed by atoms with Crippen molar-refractivity contribution in [3.63, 3.8) is 0 Å². The summed E-state index contributed by atoms with van der Waals surface area (Å²) in [4.78, 5) is 1.64.